The van der Waals surface area contributed by atoms with Crippen LogP contribution in [0.15, 0.2) is 11.1 Å². The van der Waals surface area contributed by atoms with Crippen LogP contribution in [0.25, 0.3) is 0 Å². The van der Waals surface area contributed by atoms with E-state index in [-0.39, 0.29) is 16.4 Å². The molecule has 5 heteroatoms. The summed E-state index contributed by atoms with van der Waals surface area (Å²) in [5.41, 5.74) is -0.773. The molecule has 0 amide bonds. The van der Waals surface area contributed by atoms with Gasteiger partial charge in [0.1, 0.15) is 5.25 Å². The minimum Gasteiger partial charge on any atom is -0.285 e. The van der Waals surface area contributed by atoms with Gasteiger partial charge in [-0.25, -0.2) is 0 Å². The molecule has 1 N–H and O–H groups in total. The molecule has 0 aromatic carbocycles. The second-order valence-electron chi connectivity index (χ2n) is 5.79. The van der Waals surface area contributed by atoms with Crippen molar-refractivity contribution >= 4 is 21.7 Å². The Labute approximate surface area is 103 Å². The smallest absolute Gasteiger partial charge is 0.273 e. The van der Waals surface area contributed by atoms with Gasteiger partial charge in [0.15, 0.2) is 0 Å². The quantitative estimate of drug-likeness (QED) is 0.742. The van der Waals surface area contributed by atoms with Crippen LogP contribution in [0.1, 0.15) is 34.6 Å². The van der Waals surface area contributed by atoms with E-state index in [1.165, 1.54) is 0 Å². The fraction of sp³-hybridized carbons (Fsp3) is 0.818. The molecule has 1 aliphatic rings. The van der Waals surface area contributed by atoms with Gasteiger partial charge in [-0.05, 0) is 16.7 Å². The molecular formula is C11H19ClO3S. The summed E-state index contributed by atoms with van der Waals surface area (Å²) in [5, 5.41) is -0.805. The largest absolute Gasteiger partial charge is 0.285 e. The molecule has 3 nitrogen and oxygen atoms in total. The molecule has 0 aliphatic heterocycles. The van der Waals surface area contributed by atoms with E-state index in [9.17, 15) is 13.0 Å². The van der Waals surface area contributed by atoms with Crippen LogP contribution in [0.3, 0.4) is 0 Å². The van der Waals surface area contributed by atoms with Crippen LogP contribution in [0.4, 0.5) is 0 Å². The van der Waals surface area contributed by atoms with E-state index >= 15 is 0 Å². The third kappa shape index (κ3) is 2.15. The fourth-order valence-corrected chi connectivity index (χ4v) is 4.85. The van der Waals surface area contributed by atoms with Crippen molar-refractivity contribution in [1.82, 2.24) is 0 Å². The molecule has 0 saturated carbocycles. The molecule has 0 saturated heterocycles. The first-order valence-electron chi connectivity index (χ1n) is 5.25. The lowest BCUT2D eigenvalue weighted by Crippen LogP contribution is -2.49. The van der Waals surface area contributed by atoms with Crippen molar-refractivity contribution in [3.63, 3.8) is 0 Å². The first-order valence-corrected chi connectivity index (χ1v) is 7.13. The highest BCUT2D eigenvalue weighted by atomic mass is 35.5. The minimum atomic E-state index is -4.17. The first-order chi connectivity index (χ1) is 6.90. The van der Waals surface area contributed by atoms with E-state index in [0.29, 0.717) is 0 Å². The zero-order chi connectivity index (χ0) is 12.9. The van der Waals surface area contributed by atoms with Crippen LogP contribution in [0.5, 0.6) is 0 Å². The molecule has 16 heavy (non-hydrogen) atoms. The summed E-state index contributed by atoms with van der Waals surface area (Å²) in [6.07, 6.45) is 1.74. The van der Waals surface area contributed by atoms with Crippen molar-refractivity contribution in [3.05, 3.63) is 11.1 Å². The Morgan fingerprint density at radius 2 is 1.75 bits per heavy atom. The Hall–Kier alpha value is -0.0600. The lowest BCUT2D eigenvalue weighted by molar-refractivity contribution is 0.112. The van der Waals surface area contributed by atoms with E-state index in [1.54, 1.807) is 6.08 Å². The highest BCUT2D eigenvalue weighted by molar-refractivity contribution is 7.86. The third-order valence-electron chi connectivity index (χ3n) is 3.97. The number of hydrogen-bond acceptors (Lipinski definition) is 2. The molecule has 2 unspecified atom stereocenters. The number of allylic oxidation sites excluding steroid dienone is 1. The lowest BCUT2D eigenvalue weighted by atomic mass is 9.61. The average Bonchev–Trinajstić information content (AvgIpc) is 1.95. The number of hydrogen-bond donors (Lipinski definition) is 1. The number of halogens is 1. The van der Waals surface area contributed by atoms with Gasteiger partial charge in [-0.2, -0.15) is 8.42 Å². The summed E-state index contributed by atoms with van der Waals surface area (Å²) in [6, 6.07) is 0. The Balaban J connectivity index is 3.43. The summed E-state index contributed by atoms with van der Waals surface area (Å²) in [6.45, 7) is 9.67. The summed E-state index contributed by atoms with van der Waals surface area (Å²) < 4.78 is 32.1. The maximum absolute atomic E-state index is 11.4. The summed E-state index contributed by atoms with van der Waals surface area (Å²) in [7, 11) is -4.17. The van der Waals surface area contributed by atoms with E-state index in [2.05, 4.69) is 0 Å². The molecule has 0 aromatic rings. The SMILES string of the molecule is CC1C(C)(C)C=C(Cl)C(S(=O)(=O)O)C1(C)C. The van der Waals surface area contributed by atoms with Gasteiger partial charge in [0.25, 0.3) is 10.1 Å². The van der Waals surface area contributed by atoms with Crippen LogP contribution < -0.4 is 0 Å². The molecule has 94 valence electrons. The van der Waals surface area contributed by atoms with E-state index in [0.717, 1.165) is 0 Å². The van der Waals surface area contributed by atoms with Gasteiger partial charge in [0, 0.05) is 5.03 Å². The van der Waals surface area contributed by atoms with E-state index < -0.39 is 20.8 Å². The topological polar surface area (TPSA) is 54.4 Å². The lowest BCUT2D eigenvalue weighted by Gasteiger charge is -2.48. The average molecular weight is 267 g/mol. The minimum absolute atomic E-state index is 0.0921. The van der Waals surface area contributed by atoms with Crippen molar-refractivity contribution < 1.29 is 13.0 Å². The van der Waals surface area contributed by atoms with Crippen LogP contribution >= 0.6 is 11.6 Å². The van der Waals surface area contributed by atoms with Crippen LogP contribution in [0.2, 0.25) is 0 Å². The van der Waals surface area contributed by atoms with Gasteiger partial charge < -0.3 is 0 Å². The van der Waals surface area contributed by atoms with Crippen molar-refractivity contribution in [2.24, 2.45) is 16.7 Å². The maximum atomic E-state index is 11.4. The van der Waals surface area contributed by atoms with Crippen LogP contribution in [-0.4, -0.2) is 18.2 Å². The first kappa shape index (κ1) is 14.0. The van der Waals surface area contributed by atoms with Gasteiger partial charge in [0.05, 0.1) is 0 Å². The zero-order valence-corrected chi connectivity index (χ0v) is 11.9. The molecule has 0 fully saturated rings. The highest BCUT2D eigenvalue weighted by Gasteiger charge is 2.51. The number of rotatable bonds is 1. The predicted molar refractivity (Wildman–Crippen MR) is 66.0 cm³/mol. The Morgan fingerprint density at radius 3 is 2.12 bits per heavy atom. The predicted octanol–water partition coefficient (Wildman–Crippen LogP) is 3.07. The fourth-order valence-electron chi connectivity index (χ4n) is 2.62. The van der Waals surface area contributed by atoms with Crippen LogP contribution in [0, 0.1) is 16.7 Å². The van der Waals surface area contributed by atoms with Gasteiger partial charge >= 0.3 is 0 Å². The molecule has 0 heterocycles. The standard InChI is InChI=1S/C11H19ClO3S/c1-7-10(2,3)6-8(12)9(11(7,4)5)16(13,14)15/h6-7,9H,1-5H3,(H,13,14,15). The van der Waals surface area contributed by atoms with Crippen molar-refractivity contribution in [3.8, 4) is 0 Å². The summed E-state index contributed by atoms with van der Waals surface area (Å²) in [4.78, 5) is 0. The molecule has 0 bridgehead atoms. The van der Waals surface area contributed by atoms with Gasteiger partial charge in [-0.15, -0.1) is 0 Å². The molecule has 0 aromatic heterocycles. The molecular weight excluding hydrogens is 248 g/mol. The van der Waals surface area contributed by atoms with Gasteiger partial charge in [-0.1, -0.05) is 52.3 Å². The second kappa shape index (κ2) is 3.72. The van der Waals surface area contributed by atoms with Gasteiger partial charge in [0.2, 0.25) is 0 Å². The van der Waals surface area contributed by atoms with Crippen molar-refractivity contribution in [1.29, 1.82) is 0 Å². The molecule has 2 atom stereocenters. The van der Waals surface area contributed by atoms with Crippen LogP contribution in [-0.2, 0) is 10.1 Å². The van der Waals surface area contributed by atoms with Gasteiger partial charge in [-0.3, -0.25) is 4.55 Å². The summed E-state index contributed by atoms with van der Waals surface area (Å²) in [5.74, 6) is 0.0921. The molecule has 1 aliphatic carbocycles. The maximum Gasteiger partial charge on any atom is 0.273 e. The van der Waals surface area contributed by atoms with Crippen molar-refractivity contribution in [2.45, 2.75) is 39.9 Å². The van der Waals surface area contributed by atoms with Crippen molar-refractivity contribution in [2.75, 3.05) is 0 Å². The summed E-state index contributed by atoms with van der Waals surface area (Å²) >= 11 is 6.02. The zero-order valence-electron chi connectivity index (χ0n) is 10.3. The monoisotopic (exact) mass is 266 g/mol. The Morgan fingerprint density at radius 1 is 1.31 bits per heavy atom. The molecule has 0 radical (unpaired) electrons. The Kier molecular flexibility index (Phi) is 3.25. The molecule has 1 rings (SSSR count). The van der Waals surface area contributed by atoms with E-state index in [4.69, 9.17) is 11.6 Å². The second-order valence-corrected chi connectivity index (χ2v) is 7.73. The highest BCUT2D eigenvalue weighted by Crippen LogP contribution is 2.52. The third-order valence-corrected chi connectivity index (χ3v) is 5.88. The van der Waals surface area contributed by atoms with E-state index in [1.807, 2.05) is 34.6 Å². The molecule has 0 spiro atoms. The Bertz CT molecular complexity index is 421. The normalized spacial score (nSPS) is 33.3.